The van der Waals surface area contributed by atoms with Crippen molar-refractivity contribution in [2.45, 2.75) is 0 Å². The van der Waals surface area contributed by atoms with Gasteiger partial charge in [-0.05, 0) is 17.7 Å². The Morgan fingerprint density at radius 2 is 1.48 bits per heavy atom. The SMILES string of the molecule is O=[N+]([O-])c1ccc(/C(=C/c2ccccc2)[n+]2ccccc2)cc1. The molecule has 0 spiro atoms. The van der Waals surface area contributed by atoms with Crippen molar-refractivity contribution in [3.05, 3.63) is 106 Å². The number of aromatic nitrogens is 1. The van der Waals surface area contributed by atoms with Crippen molar-refractivity contribution in [3.63, 3.8) is 0 Å². The Morgan fingerprint density at radius 3 is 2.09 bits per heavy atom. The molecular formula is C19H15N2O2+. The number of nitro groups is 1. The summed E-state index contributed by atoms with van der Waals surface area (Å²) in [5.41, 5.74) is 3.02. The highest BCUT2D eigenvalue weighted by Gasteiger charge is 2.14. The molecule has 0 saturated heterocycles. The molecule has 0 saturated carbocycles. The second-order valence-corrected chi connectivity index (χ2v) is 5.03. The van der Waals surface area contributed by atoms with Crippen LogP contribution in [-0.2, 0) is 0 Å². The van der Waals surface area contributed by atoms with Gasteiger partial charge in [0.1, 0.15) is 0 Å². The zero-order valence-electron chi connectivity index (χ0n) is 12.4. The Hall–Kier alpha value is -3.27. The average molecular weight is 303 g/mol. The topological polar surface area (TPSA) is 47.0 Å². The summed E-state index contributed by atoms with van der Waals surface area (Å²) in [5, 5.41) is 10.8. The predicted molar refractivity (Wildman–Crippen MR) is 89.4 cm³/mol. The molecule has 0 N–H and O–H groups in total. The van der Waals surface area contributed by atoms with Crippen LogP contribution in [0, 0.1) is 10.1 Å². The lowest BCUT2D eigenvalue weighted by Crippen LogP contribution is -2.31. The normalized spacial score (nSPS) is 11.2. The molecule has 0 unspecified atom stereocenters. The highest BCUT2D eigenvalue weighted by Crippen LogP contribution is 2.19. The van der Waals surface area contributed by atoms with Crippen LogP contribution >= 0.6 is 0 Å². The lowest BCUT2D eigenvalue weighted by atomic mass is 10.1. The van der Waals surface area contributed by atoms with Gasteiger partial charge in [0.2, 0.25) is 5.70 Å². The molecule has 3 aromatic rings. The van der Waals surface area contributed by atoms with Gasteiger partial charge >= 0.3 is 0 Å². The fourth-order valence-corrected chi connectivity index (χ4v) is 2.33. The molecular weight excluding hydrogens is 288 g/mol. The number of rotatable bonds is 4. The van der Waals surface area contributed by atoms with E-state index in [1.54, 1.807) is 12.1 Å². The first kappa shape index (κ1) is 14.7. The largest absolute Gasteiger partial charge is 0.269 e. The van der Waals surface area contributed by atoms with Crippen LogP contribution in [0.5, 0.6) is 0 Å². The summed E-state index contributed by atoms with van der Waals surface area (Å²) in [6.07, 6.45) is 5.97. The van der Waals surface area contributed by atoms with E-state index in [4.69, 9.17) is 0 Å². The minimum Gasteiger partial charge on any atom is -0.258 e. The summed E-state index contributed by atoms with van der Waals surface area (Å²) in [4.78, 5) is 10.4. The van der Waals surface area contributed by atoms with E-state index in [-0.39, 0.29) is 10.6 Å². The minimum atomic E-state index is -0.389. The third kappa shape index (κ3) is 3.49. The smallest absolute Gasteiger partial charge is 0.258 e. The van der Waals surface area contributed by atoms with Gasteiger partial charge in [-0.1, -0.05) is 36.4 Å². The summed E-state index contributed by atoms with van der Waals surface area (Å²) < 4.78 is 1.99. The number of hydrogen-bond donors (Lipinski definition) is 0. The van der Waals surface area contributed by atoms with Crippen molar-refractivity contribution in [2.24, 2.45) is 0 Å². The Kier molecular flexibility index (Phi) is 4.25. The summed E-state index contributed by atoms with van der Waals surface area (Å²) in [6.45, 7) is 0. The minimum absolute atomic E-state index is 0.0888. The van der Waals surface area contributed by atoms with E-state index in [9.17, 15) is 10.1 Å². The molecule has 0 radical (unpaired) electrons. The van der Waals surface area contributed by atoms with Crippen LogP contribution in [-0.4, -0.2) is 4.92 Å². The number of nitrogens with zero attached hydrogens (tertiary/aromatic N) is 2. The van der Waals surface area contributed by atoms with E-state index in [2.05, 4.69) is 6.08 Å². The molecule has 2 aromatic carbocycles. The first-order valence-electron chi connectivity index (χ1n) is 7.22. The maximum absolute atomic E-state index is 10.8. The van der Waals surface area contributed by atoms with Crippen molar-refractivity contribution >= 4 is 17.5 Å². The molecule has 3 rings (SSSR count). The van der Waals surface area contributed by atoms with Gasteiger partial charge in [0.05, 0.1) is 4.92 Å². The molecule has 112 valence electrons. The van der Waals surface area contributed by atoms with Gasteiger partial charge in [-0.2, -0.15) is 4.57 Å². The Morgan fingerprint density at radius 1 is 0.870 bits per heavy atom. The fraction of sp³-hybridized carbons (Fsp3) is 0. The molecule has 0 atom stereocenters. The van der Waals surface area contributed by atoms with Crippen LogP contribution in [0.3, 0.4) is 0 Å². The predicted octanol–water partition coefficient (Wildman–Crippen LogP) is 3.93. The average Bonchev–Trinajstić information content (AvgIpc) is 2.61. The van der Waals surface area contributed by atoms with E-state index in [0.29, 0.717) is 0 Å². The van der Waals surface area contributed by atoms with Crippen LogP contribution in [0.4, 0.5) is 5.69 Å². The molecule has 1 aromatic heterocycles. The van der Waals surface area contributed by atoms with Crippen LogP contribution < -0.4 is 4.57 Å². The first-order chi connectivity index (χ1) is 11.2. The zero-order valence-corrected chi connectivity index (χ0v) is 12.4. The van der Waals surface area contributed by atoms with Crippen LogP contribution in [0.2, 0.25) is 0 Å². The number of nitro benzene ring substituents is 1. The molecule has 0 aliphatic heterocycles. The summed E-state index contributed by atoms with van der Waals surface area (Å²) in [7, 11) is 0. The van der Waals surface area contributed by atoms with Crippen molar-refractivity contribution < 1.29 is 9.49 Å². The van der Waals surface area contributed by atoms with E-state index in [0.717, 1.165) is 16.8 Å². The van der Waals surface area contributed by atoms with Crippen molar-refractivity contribution in [1.82, 2.24) is 0 Å². The molecule has 4 heteroatoms. The zero-order chi connectivity index (χ0) is 16.1. The number of benzene rings is 2. The summed E-state index contributed by atoms with van der Waals surface area (Å²) >= 11 is 0. The monoisotopic (exact) mass is 303 g/mol. The lowest BCUT2D eigenvalue weighted by molar-refractivity contribution is -0.578. The molecule has 0 aliphatic carbocycles. The highest BCUT2D eigenvalue weighted by atomic mass is 16.6. The van der Waals surface area contributed by atoms with Crippen molar-refractivity contribution in [2.75, 3.05) is 0 Å². The maximum Gasteiger partial charge on any atom is 0.269 e. The van der Waals surface area contributed by atoms with Gasteiger partial charge in [-0.25, -0.2) is 0 Å². The van der Waals surface area contributed by atoms with Gasteiger partial charge < -0.3 is 0 Å². The summed E-state index contributed by atoms with van der Waals surface area (Å²) in [6, 6.07) is 22.4. The van der Waals surface area contributed by atoms with Gasteiger partial charge in [0.25, 0.3) is 5.69 Å². The van der Waals surface area contributed by atoms with Crippen molar-refractivity contribution in [1.29, 1.82) is 0 Å². The number of hydrogen-bond acceptors (Lipinski definition) is 2. The first-order valence-corrected chi connectivity index (χ1v) is 7.22. The molecule has 1 heterocycles. The van der Waals surface area contributed by atoms with Gasteiger partial charge in [-0.3, -0.25) is 10.1 Å². The number of pyridine rings is 1. The third-order valence-electron chi connectivity index (χ3n) is 3.47. The van der Waals surface area contributed by atoms with Gasteiger partial charge in [0.15, 0.2) is 12.4 Å². The molecule has 0 amide bonds. The van der Waals surface area contributed by atoms with Crippen LogP contribution in [0.25, 0.3) is 11.8 Å². The fourth-order valence-electron chi connectivity index (χ4n) is 2.33. The molecule has 23 heavy (non-hydrogen) atoms. The maximum atomic E-state index is 10.8. The summed E-state index contributed by atoms with van der Waals surface area (Å²) in [5.74, 6) is 0. The molecule has 4 nitrogen and oxygen atoms in total. The molecule has 0 aliphatic rings. The Balaban J connectivity index is 2.09. The van der Waals surface area contributed by atoms with E-state index in [1.165, 1.54) is 12.1 Å². The Labute approximate surface area is 134 Å². The van der Waals surface area contributed by atoms with Gasteiger partial charge in [0, 0.05) is 35.9 Å². The lowest BCUT2D eigenvalue weighted by Gasteiger charge is -2.03. The number of non-ortho nitro benzene ring substituents is 1. The van der Waals surface area contributed by atoms with Crippen molar-refractivity contribution in [3.8, 4) is 0 Å². The van der Waals surface area contributed by atoms with E-state index in [1.807, 2.05) is 65.5 Å². The van der Waals surface area contributed by atoms with Gasteiger partial charge in [-0.15, -0.1) is 0 Å². The second kappa shape index (κ2) is 6.66. The Bertz CT molecular complexity index is 826. The standard InChI is InChI=1S/C19H15N2O2/c22-21(23)18-11-9-17(10-12-18)19(20-13-5-2-6-14-20)15-16-7-3-1-4-8-16/h1-15H/q+1/b19-15-. The highest BCUT2D eigenvalue weighted by molar-refractivity contribution is 5.76. The van der Waals surface area contributed by atoms with E-state index < -0.39 is 0 Å². The van der Waals surface area contributed by atoms with Crippen LogP contribution in [0.15, 0.2) is 85.2 Å². The van der Waals surface area contributed by atoms with E-state index >= 15 is 0 Å². The second-order valence-electron chi connectivity index (χ2n) is 5.03. The molecule has 0 bridgehead atoms. The van der Waals surface area contributed by atoms with Crippen LogP contribution in [0.1, 0.15) is 11.1 Å². The quantitative estimate of drug-likeness (QED) is 0.317. The molecule has 0 fully saturated rings. The third-order valence-corrected chi connectivity index (χ3v) is 3.47.